The van der Waals surface area contributed by atoms with Crippen LogP contribution in [0.5, 0.6) is 5.75 Å². The van der Waals surface area contributed by atoms with Crippen LogP contribution >= 0.6 is 0 Å². The van der Waals surface area contributed by atoms with Crippen molar-refractivity contribution in [2.45, 2.75) is 20.8 Å². The average Bonchev–Trinajstić information content (AvgIpc) is 2.51. The first kappa shape index (κ1) is 16.1. The van der Waals surface area contributed by atoms with E-state index in [0.29, 0.717) is 5.56 Å². The number of hydrogen-bond acceptors (Lipinski definition) is 5. The Morgan fingerprint density at radius 3 is 2.26 bits per heavy atom. The molecule has 2 rings (SSSR count). The van der Waals surface area contributed by atoms with E-state index in [1.54, 1.807) is 13.2 Å². The molecule has 0 spiro atoms. The number of benzene rings is 1. The van der Waals surface area contributed by atoms with Gasteiger partial charge < -0.3 is 15.5 Å². The Morgan fingerprint density at radius 1 is 1.13 bits per heavy atom. The Balaban J connectivity index is 3.03. The number of nitrogens with two attached hydrogens (primary N) is 1. The minimum atomic E-state index is -0.607. The second-order valence-corrected chi connectivity index (χ2v) is 5.24. The molecule has 0 bridgehead atoms. The van der Waals surface area contributed by atoms with Gasteiger partial charge in [0.05, 0.1) is 7.11 Å². The molecule has 0 aliphatic carbocycles. The van der Waals surface area contributed by atoms with Crippen molar-refractivity contribution in [2.24, 2.45) is 0 Å². The molecule has 0 amide bonds. The molecule has 0 saturated heterocycles. The molecule has 0 aliphatic heterocycles. The van der Waals surface area contributed by atoms with Crippen LogP contribution in [0.15, 0.2) is 10.9 Å². The molecular formula is C17H16N4O2. The average molecular weight is 308 g/mol. The van der Waals surface area contributed by atoms with Crippen LogP contribution in [0.25, 0.3) is 11.1 Å². The van der Waals surface area contributed by atoms with Crippen LogP contribution < -0.4 is 16.0 Å². The van der Waals surface area contributed by atoms with Gasteiger partial charge in [0.1, 0.15) is 34.8 Å². The molecule has 0 radical (unpaired) electrons. The lowest BCUT2D eigenvalue weighted by atomic mass is 9.89. The maximum Gasteiger partial charge on any atom is 0.268 e. The van der Waals surface area contributed by atoms with E-state index >= 15 is 0 Å². The number of aromatic amines is 1. The number of aryl methyl sites for hydroxylation is 1. The van der Waals surface area contributed by atoms with Crippen LogP contribution in [0.4, 0.5) is 5.82 Å². The zero-order valence-electron chi connectivity index (χ0n) is 13.4. The monoisotopic (exact) mass is 308 g/mol. The van der Waals surface area contributed by atoms with Crippen molar-refractivity contribution in [3.8, 4) is 29.0 Å². The van der Waals surface area contributed by atoms with Gasteiger partial charge in [0, 0.05) is 5.56 Å². The van der Waals surface area contributed by atoms with E-state index in [-0.39, 0.29) is 22.5 Å². The van der Waals surface area contributed by atoms with Crippen molar-refractivity contribution < 1.29 is 4.74 Å². The molecule has 116 valence electrons. The van der Waals surface area contributed by atoms with E-state index in [1.165, 1.54) is 0 Å². The number of nitrogen functional groups attached to an aromatic ring is 1. The van der Waals surface area contributed by atoms with Crippen molar-refractivity contribution in [3.63, 3.8) is 0 Å². The molecule has 2 aromatic rings. The summed E-state index contributed by atoms with van der Waals surface area (Å²) >= 11 is 0. The number of nitrogens with zero attached hydrogens (tertiary/aromatic N) is 2. The Bertz CT molecular complexity index is 943. The molecular weight excluding hydrogens is 292 g/mol. The summed E-state index contributed by atoms with van der Waals surface area (Å²) < 4.78 is 5.39. The van der Waals surface area contributed by atoms with Gasteiger partial charge in [0.15, 0.2) is 0 Å². The molecule has 6 heteroatoms. The summed E-state index contributed by atoms with van der Waals surface area (Å²) in [6, 6.07) is 5.66. The summed E-state index contributed by atoms with van der Waals surface area (Å²) in [5.41, 5.74) is 8.58. The van der Waals surface area contributed by atoms with Crippen LogP contribution in [0.1, 0.15) is 27.8 Å². The Labute approximate surface area is 133 Å². The zero-order valence-corrected chi connectivity index (χ0v) is 13.4. The maximum absolute atomic E-state index is 12.0. The van der Waals surface area contributed by atoms with Gasteiger partial charge in [-0.1, -0.05) is 0 Å². The third-order valence-electron chi connectivity index (χ3n) is 3.97. The summed E-state index contributed by atoms with van der Waals surface area (Å²) in [5, 5.41) is 18.8. The van der Waals surface area contributed by atoms with Gasteiger partial charge in [-0.3, -0.25) is 4.79 Å². The van der Waals surface area contributed by atoms with Crippen LogP contribution in [-0.2, 0) is 0 Å². The van der Waals surface area contributed by atoms with Gasteiger partial charge in [-0.05, 0) is 49.1 Å². The second-order valence-electron chi connectivity index (χ2n) is 5.24. The number of aromatic nitrogens is 1. The number of methoxy groups -OCH3 is 1. The van der Waals surface area contributed by atoms with E-state index in [0.717, 1.165) is 22.4 Å². The molecule has 0 atom stereocenters. The highest BCUT2D eigenvalue weighted by molar-refractivity contribution is 5.83. The standard InChI is InChI=1S/C17H16N4O2/c1-8-5-11(9(2)10(3)15(8)23-4)14-12(6-18)16(20)21-17(22)13(14)7-19/h5H,1-4H3,(H3,20,21,22). The summed E-state index contributed by atoms with van der Waals surface area (Å²) in [7, 11) is 1.58. The number of rotatable bonds is 2. The summed E-state index contributed by atoms with van der Waals surface area (Å²) in [6.45, 7) is 5.61. The largest absolute Gasteiger partial charge is 0.496 e. The number of H-pyrrole nitrogens is 1. The van der Waals surface area contributed by atoms with Crippen LogP contribution in [0.2, 0.25) is 0 Å². The number of anilines is 1. The van der Waals surface area contributed by atoms with Gasteiger partial charge in [-0.15, -0.1) is 0 Å². The van der Waals surface area contributed by atoms with E-state index in [4.69, 9.17) is 10.5 Å². The lowest BCUT2D eigenvalue weighted by molar-refractivity contribution is 0.408. The van der Waals surface area contributed by atoms with Crippen LogP contribution in [0, 0.1) is 43.4 Å². The van der Waals surface area contributed by atoms with E-state index in [9.17, 15) is 15.3 Å². The second kappa shape index (κ2) is 5.86. The molecule has 23 heavy (non-hydrogen) atoms. The Kier molecular flexibility index (Phi) is 4.11. The number of hydrogen-bond donors (Lipinski definition) is 2. The minimum absolute atomic E-state index is 0.0444. The topological polar surface area (TPSA) is 116 Å². The fourth-order valence-corrected chi connectivity index (χ4v) is 2.74. The minimum Gasteiger partial charge on any atom is -0.496 e. The van der Waals surface area contributed by atoms with Crippen molar-refractivity contribution in [1.82, 2.24) is 4.98 Å². The molecule has 6 nitrogen and oxygen atoms in total. The molecule has 0 unspecified atom stereocenters. The lowest BCUT2D eigenvalue weighted by Crippen LogP contribution is -2.16. The number of ether oxygens (including phenoxy) is 1. The first-order valence-electron chi connectivity index (χ1n) is 6.88. The fraction of sp³-hybridized carbons (Fsp3) is 0.235. The van der Waals surface area contributed by atoms with Gasteiger partial charge in [-0.25, -0.2) is 0 Å². The van der Waals surface area contributed by atoms with E-state index in [1.807, 2.05) is 32.9 Å². The summed E-state index contributed by atoms with van der Waals surface area (Å²) in [4.78, 5) is 14.4. The molecule has 0 aliphatic rings. The number of pyridine rings is 1. The SMILES string of the molecule is COc1c(C)cc(-c2c(C#N)c(N)[nH]c(=O)c2C#N)c(C)c1C. The summed E-state index contributed by atoms with van der Waals surface area (Å²) in [6.07, 6.45) is 0. The first-order valence-corrected chi connectivity index (χ1v) is 6.88. The Hall–Kier alpha value is -3.25. The smallest absolute Gasteiger partial charge is 0.268 e. The van der Waals surface area contributed by atoms with Gasteiger partial charge in [0.25, 0.3) is 5.56 Å². The number of nitriles is 2. The predicted octanol–water partition coefficient (Wildman–Crippen LogP) is 2.30. The van der Waals surface area contributed by atoms with Crippen molar-refractivity contribution in [3.05, 3.63) is 44.2 Å². The third-order valence-corrected chi connectivity index (χ3v) is 3.97. The highest BCUT2D eigenvalue weighted by Crippen LogP contribution is 2.37. The molecule has 0 saturated carbocycles. The third kappa shape index (κ3) is 2.41. The fourth-order valence-electron chi connectivity index (χ4n) is 2.74. The van der Waals surface area contributed by atoms with Crippen LogP contribution in [0.3, 0.4) is 0 Å². The van der Waals surface area contributed by atoms with Crippen molar-refractivity contribution in [2.75, 3.05) is 12.8 Å². The maximum atomic E-state index is 12.0. The highest BCUT2D eigenvalue weighted by atomic mass is 16.5. The van der Waals surface area contributed by atoms with E-state index < -0.39 is 5.56 Å². The highest BCUT2D eigenvalue weighted by Gasteiger charge is 2.21. The normalized spacial score (nSPS) is 10.0. The van der Waals surface area contributed by atoms with Crippen molar-refractivity contribution >= 4 is 5.82 Å². The quantitative estimate of drug-likeness (QED) is 0.883. The molecule has 1 aromatic heterocycles. The van der Waals surface area contributed by atoms with Crippen molar-refractivity contribution in [1.29, 1.82) is 10.5 Å². The van der Waals surface area contributed by atoms with E-state index in [2.05, 4.69) is 4.98 Å². The Morgan fingerprint density at radius 2 is 1.74 bits per heavy atom. The molecule has 3 N–H and O–H groups in total. The van der Waals surface area contributed by atoms with Gasteiger partial charge in [-0.2, -0.15) is 10.5 Å². The zero-order chi connectivity index (χ0) is 17.3. The molecule has 1 heterocycles. The summed E-state index contributed by atoms with van der Waals surface area (Å²) in [5.74, 6) is 0.693. The first-order chi connectivity index (χ1) is 10.9. The number of nitrogens with one attached hydrogen (secondary N) is 1. The van der Waals surface area contributed by atoms with Crippen LogP contribution in [-0.4, -0.2) is 12.1 Å². The van der Waals surface area contributed by atoms with Gasteiger partial charge in [0.2, 0.25) is 0 Å². The van der Waals surface area contributed by atoms with Gasteiger partial charge >= 0.3 is 0 Å². The molecule has 0 fully saturated rings. The molecule has 1 aromatic carbocycles. The predicted molar refractivity (Wildman–Crippen MR) is 87.1 cm³/mol. The lowest BCUT2D eigenvalue weighted by Gasteiger charge is -2.17.